The molecule has 0 saturated carbocycles. The van der Waals surface area contributed by atoms with Crippen LogP contribution in [0.4, 0.5) is 24.0 Å². The number of hydrogen-bond acceptors (Lipinski definition) is 9. The number of unbranched alkanes of at least 4 members (excludes halogenated alkanes) is 1. The molecule has 0 atom stereocenters. The number of primary amides is 5. The van der Waals surface area contributed by atoms with Crippen molar-refractivity contribution in [1.82, 2.24) is 0 Å². The van der Waals surface area contributed by atoms with Crippen molar-refractivity contribution >= 4 is 52.3 Å². The fraction of sp³-hybridized carbons (Fsp3) is 0.444. The first kappa shape index (κ1) is 30.9. The number of amides is 5. The van der Waals surface area contributed by atoms with Crippen LogP contribution in [0.3, 0.4) is 0 Å². The molecule has 0 aliphatic carbocycles. The summed E-state index contributed by atoms with van der Waals surface area (Å²) >= 11 is 0.935. The smallest absolute Gasteiger partial charge is 0.417 e. The molecule has 0 heterocycles. The van der Waals surface area contributed by atoms with Gasteiger partial charge >= 0.3 is 30.5 Å². The molecule has 26 heavy (non-hydrogen) atoms. The van der Waals surface area contributed by atoms with E-state index in [1.807, 2.05) is 0 Å². The van der Waals surface area contributed by atoms with Crippen molar-refractivity contribution in [2.75, 3.05) is 12.4 Å². The van der Waals surface area contributed by atoms with Crippen LogP contribution >= 0.6 is 21.9 Å². The van der Waals surface area contributed by atoms with Gasteiger partial charge in [-0.1, -0.05) is 10.8 Å². The first-order valence-corrected chi connectivity index (χ1v) is 8.20. The molecule has 15 nitrogen and oxygen atoms in total. The molecule has 17 heteroatoms. The predicted molar refractivity (Wildman–Crippen MR) is 92.1 cm³/mol. The number of carbonyl (C=O) groups excluding carboxylic acids is 2. The quantitative estimate of drug-likeness (QED) is 0.154. The summed E-state index contributed by atoms with van der Waals surface area (Å²) in [6.07, 6.45) is -4.00. The second-order valence-electron chi connectivity index (χ2n) is 3.18. The summed E-state index contributed by atoms with van der Waals surface area (Å²) in [5, 5.41) is 21.6. The molecule has 0 unspecified atom stereocenters. The van der Waals surface area contributed by atoms with Crippen molar-refractivity contribution in [2.45, 2.75) is 12.8 Å². The largest absolute Gasteiger partial charge is 0.465 e. The first-order valence-electron chi connectivity index (χ1n) is 5.95. The van der Waals surface area contributed by atoms with Crippen LogP contribution in [0.2, 0.25) is 0 Å². The zero-order valence-electron chi connectivity index (χ0n) is 13.2. The van der Waals surface area contributed by atoms with Gasteiger partial charge in [-0.25, -0.2) is 24.0 Å². The van der Waals surface area contributed by atoms with Gasteiger partial charge in [0.2, 0.25) is 0 Å². The van der Waals surface area contributed by atoms with Gasteiger partial charge in [0.15, 0.2) is 0 Å². The number of rotatable bonds is 7. The molecule has 0 bridgehead atoms. The second kappa shape index (κ2) is 24.3. The molecule has 0 aliphatic rings. The average Bonchev–Trinajstić information content (AvgIpc) is 2.39. The van der Waals surface area contributed by atoms with Crippen molar-refractivity contribution < 1.29 is 48.2 Å². The molecule has 0 fully saturated rings. The molecule has 0 radical (unpaired) electrons. The Morgan fingerprint density at radius 2 is 1.12 bits per heavy atom. The molecule has 0 rings (SSSR count). The Labute approximate surface area is 155 Å². The third kappa shape index (κ3) is 131. The average molecular weight is 423 g/mol. The Bertz CT molecular complexity index is 365. The Morgan fingerprint density at radius 1 is 0.731 bits per heavy atom. The maximum Gasteiger partial charge on any atom is 0.417 e. The van der Waals surface area contributed by atoms with Gasteiger partial charge in [-0.3, -0.25) is 0 Å². The number of nitrogens with two attached hydrogens (primary N) is 5. The van der Waals surface area contributed by atoms with Crippen molar-refractivity contribution in [3.63, 3.8) is 0 Å². The Hall–Kier alpha value is -2.95. The summed E-state index contributed by atoms with van der Waals surface area (Å²) in [6.45, 7) is 0.317. The molecular formula is C9H21N5O10S2. The van der Waals surface area contributed by atoms with Crippen molar-refractivity contribution in [1.29, 1.82) is 0 Å². The Kier molecular flexibility index (Phi) is 28.9. The van der Waals surface area contributed by atoms with E-state index < -0.39 is 30.5 Å². The highest BCUT2D eigenvalue weighted by atomic mass is 33.1. The maximum atomic E-state index is 10.1. The lowest BCUT2D eigenvalue weighted by molar-refractivity contribution is 0.155. The van der Waals surface area contributed by atoms with Crippen LogP contribution in [0.15, 0.2) is 0 Å². The Morgan fingerprint density at radius 3 is 1.42 bits per heavy atom. The van der Waals surface area contributed by atoms with Gasteiger partial charge in [-0.15, -0.1) is 0 Å². The van der Waals surface area contributed by atoms with E-state index in [2.05, 4.69) is 26.1 Å². The van der Waals surface area contributed by atoms with Crippen LogP contribution in [0.5, 0.6) is 0 Å². The third-order valence-corrected chi connectivity index (χ3v) is 2.81. The van der Waals surface area contributed by atoms with Crippen LogP contribution in [-0.2, 0) is 8.92 Å². The predicted octanol–water partition coefficient (Wildman–Crippen LogP) is 0.123. The SMILES string of the molecule is NC(=O)O.NC(=O)O.NC(=O)O.NC(=O)OCCCCSSOC(N)=O. The van der Waals surface area contributed by atoms with Crippen molar-refractivity contribution in [3.05, 3.63) is 0 Å². The molecule has 13 N–H and O–H groups in total. The third-order valence-electron chi connectivity index (χ3n) is 1.03. The van der Waals surface area contributed by atoms with E-state index in [0.29, 0.717) is 6.61 Å². The van der Waals surface area contributed by atoms with Gasteiger partial charge in [0.1, 0.15) is 11.1 Å². The summed E-state index contributed by atoms with van der Waals surface area (Å²) in [7, 11) is 1.36. The van der Waals surface area contributed by atoms with Gasteiger partial charge in [0, 0.05) is 5.75 Å². The number of hydrogen-bond donors (Lipinski definition) is 8. The summed E-state index contributed by atoms with van der Waals surface area (Å²) in [4.78, 5) is 46.6. The van der Waals surface area contributed by atoms with Crippen LogP contribution < -0.4 is 28.7 Å². The fourth-order valence-electron chi connectivity index (χ4n) is 0.527. The summed E-state index contributed by atoms with van der Waals surface area (Å²) in [5.41, 5.74) is 21.6. The highest BCUT2D eigenvalue weighted by Crippen LogP contribution is 2.23. The molecule has 0 aromatic carbocycles. The number of ether oxygens (including phenoxy) is 1. The summed E-state index contributed by atoms with van der Waals surface area (Å²) < 4.78 is 8.90. The molecular weight excluding hydrogens is 402 g/mol. The second-order valence-corrected chi connectivity index (χ2v) is 5.24. The minimum absolute atomic E-state index is 0.317. The highest BCUT2D eigenvalue weighted by molar-refractivity contribution is 8.75. The first-order chi connectivity index (χ1) is 11.8. The van der Waals surface area contributed by atoms with E-state index in [0.717, 1.165) is 29.7 Å². The number of carbonyl (C=O) groups is 5. The molecule has 0 aliphatic heterocycles. The van der Waals surface area contributed by atoms with E-state index in [4.69, 9.17) is 41.2 Å². The molecule has 5 amide bonds. The van der Waals surface area contributed by atoms with Crippen LogP contribution in [-0.4, -0.2) is 58.1 Å². The number of carboxylic acid groups (broad SMARTS) is 3. The van der Waals surface area contributed by atoms with E-state index >= 15 is 0 Å². The zero-order chi connectivity index (χ0) is 21.5. The van der Waals surface area contributed by atoms with Gasteiger partial charge in [-0.2, -0.15) is 0 Å². The van der Waals surface area contributed by atoms with Gasteiger partial charge in [-0.05, 0) is 12.8 Å². The Balaban J connectivity index is -0.000000164. The monoisotopic (exact) mass is 423 g/mol. The van der Waals surface area contributed by atoms with E-state index in [1.165, 1.54) is 10.8 Å². The van der Waals surface area contributed by atoms with Gasteiger partial charge in [0.25, 0.3) is 0 Å². The fourth-order valence-corrected chi connectivity index (χ4v) is 1.94. The van der Waals surface area contributed by atoms with Crippen molar-refractivity contribution in [3.8, 4) is 0 Å². The molecule has 0 spiro atoms. The topological polar surface area (TPSA) is 295 Å². The molecule has 154 valence electrons. The minimum Gasteiger partial charge on any atom is -0.465 e. The maximum absolute atomic E-state index is 10.1. The highest BCUT2D eigenvalue weighted by Gasteiger charge is 1.97. The molecule has 0 aromatic heterocycles. The summed E-state index contributed by atoms with van der Waals surface area (Å²) in [5.74, 6) is 0.778. The minimum atomic E-state index is -1.33. The van der Waals surface area contributed by atoms with Crippen molar-refractivity contribution in [2.24, 2.45) is 28.7 Å². The lowest BCUT2D eigenvalue weighted by Gasteiger charge is -2.00. The lowest BCUT2D eigenvalue weighted by Crippen LogP contribution is -2.13. The molecule has 0 aromatic rings. The van der Waals surface area contributed by atoms with Crippen LogP contribution in [0, 0.1) is 0 Å². The zero-order valence-corrected chi connectivity index (χ0v) is 14.9. The normalized spacial score (nSPS) is 7.85. The van der Waals surface area contributed by atoms with E-state index in [-0.39, 0.29) is 0 Å². The van der Waals surface area contributed by atoms with Gasteiger partial charge < -0.3 is 52.9 Å². The van der Waals surface area contributed by atoms with Crippen LogP contribution in [0.1, 0.15) is 12.8 Å². The standard InChI is InChI=1S/C6H12N2O4S2.3CH3NO2/c7-5(9)11-3-1-2-4-13-14-12-6(8)10;3*2-1(3)4/h1-4H2,(H2,7,9)(H2,8,10);3*2H2,(H,3,4). The summed E-state index contributed by atoms with van der Waals surface area (Å²) in [6, 6.07) is 0. The molecule has 0 saturated heterocycles. The lowest BCUT2D eigenvalue weighted by atomic mass is 10.4. The van der Waals surface area contributed by atoms with E-state index in [9.17, 15) is 9.59 Å². The van der Waals surface area contributed by atoms with Crippen LogP contribution in [0.25, 0.3) is 0 Å². The van der Waals surface area contributed by atoms with Gasteiger partial charge in [0.05, 0.1) is 6.61 Å². The van der Waals surface area contributed by atoms with E-state index in [1.54, 1.807) is 0 Å².